The number of para-hydroxylation sites is 1. The number of nitrogens with one attached hydrogen (secondary N) is 1. The topological polar surface area (TPSA) is 71.2 Å². The molecule has 5 heteroatoms. The van der Waals surface area contributed by atoms with Crippen LogP contribution in [0.15, 0.2) is 54.9 Å². The molecule has 0 spiro atoms. The zero-order valence-electron chi connectivity index (χ0n) is 13.7. The van der Waals surface area contributed by atoms with E-state index in [1.54, 1.807) is 6.20 Å². The van der Waals surface area contributed by atoms with Crippen LogP contribution in [0.25, 0.3) is 0 Å². The van der Waals surface area contributed by atoms with Crippen molar-refractivity contribution in [1.82, 2.24) is 10.3 Å². The van der Waals surface area contributed by atoms with Gasteiger partial charge in [0.1, 0.15) is 0 Å². The molecule has 122 valence electrons. The molecule has 0 atom stereocenters. The van der Waals surface area contributed by atoms with Crippen LogP contribution < -0.4 is 16.0 Å². The highest BCUT2D eigenvalue weighted by Gasteiger charge is 2.20. The fraction of sp³-hybridized carbons (Fsp3) is 0.333. The second-order valence-electron chi connectivity index (χ2n) is 6.19. The van der Waals surface area contributed by atoms with Crippen LogP contribution >= 0.6 is 0 Å². The molecule has 0 radical (unpaired) electrons. The van der Waals surface area contributed by atoms with Crippen LogP contribution in [0.1, 0.15) is 19.4 Å². The largest absolute Gasteiger partial charge is 0.358 e. The molecule has 3 N–H and O–H groups in total. The fourth-order valence-electron chi connectivity index (χ4n) is 2.23. The highest BCUT2D eigenvalue weighted by Crippen LogP contribution is 2.16. The molecule has 0 bridgehead atoms. The summed E-state index contributed by atoms with van der Waals surface area (Å²) in [4.78, 5) is 18.5. The van der Waals surface area contributed by atoms with E-state index in [9.17, 15) is 4.79 Å². The fourth-order valence-corrected chi connectivity index (χ4v) is 2.23. The molecule has 0 unspecified atom stereocenters. The van der Waals surface area contributed by atoms with E-state index >= 15 is 0 Å². The lowest BCUT2D eigenvalue weighted by atomic mass is 10.1. The Balaban J connectivity index is 2.13. The van der Waals surface area contributed by atoms with E-state index in [4.69, 9.17) is 5.73 Å². The van der Waals surface area contributed by atoms with Gasteiger partial charge in [0.05, 0.1) is 6.54 Å². The number of nitrogens with zero attached hydrogens (tertiary/aromatic N) is 2. The number of carbonyl (C=O) groups is 1. The Morgan fingerprint density at radius 2 is 1.96 bits per heavy atom. The minimum Gasteiger partial charge on any atom is -0.358 e. The maximum absolute atomic E-state index is 12.4. The molecule has 2 aromatic rings. The summed E-state index contributed by atoms with van der Waals surface area (Å²) >= 11 is 0. The number of pyridine rings is 1. The monoisotopic (exact) mass is 312 g/mol. The van der Waals surface area contributed by atoms with Gasteiger partial charge in [0.25, 0.3) is 0 Å². The number of hydrogen-bond acceptors (Lipinski definition) is 4. The predicted octanol–water partition coefficient (Wildman–Crippen LogP) is 1.94. The second kappa shape index (κ2) is 7.74. The molecule has 1 amide bonds. The summed E-state index contributed by atoms with van der Waals surface area (Å²) in [7, 11) is 0. The smallest absolute Gasteiger partial charge is 0.239 e. The maximum atomic E-state index is 12.4. The maximum Gasteiger partial charge on any atom is 0.239 e. The third kappa shape index (κ3) is 5.38. The first-order chi connectivity index (χ1) is 11.0. The molecule has 0 aliphatic heterocycles. The Hall–Kier alpha value is -2.40. The number of aromatic nitrogens is 1. The number of benzene rings is 1. The summed E-state index contributed by atoms with van der Waals surface area (Å²) in [6.45, 7) is 5.11. The summed E-state index contributed by atoms with van der Waals surface area (Å²) < 4.78 is 0. The van der Waals surface area contributed by atoms with Crippen molar-refractivity contribution >= 4 is 11.6 Å². The third-order valence-corrected chi connectivity index (χ3v) is 3.54. The molecule has 0 saturated heterocycles. The lowest BCUT2D eigenvalue weighted by Gasteiger charge is -2.28. The van der Waals surface area contributed by atoms with E-state index in [-0.39, 0.29) is 12.5 Å². The number of nitrogens with two attached hydrogens (primary N) is 1. The van der Waals surface area contributed by atoms with Crippen molar-refractivity contribution in [1.29, 1.82) is 0 Å². The van der Waals surface area contributed by atoms with E-state index in [0.717, 1.165) is 11.3 Å². The van der Waals surface area contributed by atoms with E-state index in [1.807, 2.05) is 67.4 Å². The molecule has 1 aromatic heterocycles. The van der Waals surface area contributed by atoms with Crippen LogP contribution in [0.3, 0.4) is 0 Å². The van der Waals surface area contributed by atoms with Crippen LogP contribution in [-0.2, 0) is 11.3 Å². The van der Waals surface area contributed by atoms with Crippen molar-refractivity contribution in [3.05, 3.63) is 60.4 Å². The van der Waals surface area contributed by atoms with Gasteiger partial charge in [-0.2, -0.15) is 0 Å². The van der Waals surface area contributed by atoms with Crippen molar-refractivity contribution < 1.29 is 4.79 Å². The molecule has 0 saturated carbocycles. The average molecular weight is 312 g/mol. The normalized spacial score (nSPS) is 11.1. The van der Waals surface area contributed by atoms with Crippen LogP contribution in [0, 0.1) is 0 Å². The van der Waals surface area contributed by atoms with Gasteiger partial charge in [0, 0.05) is 36.7 Å². The Morgan fingerprint density at radius 1 is 1.22 bits per heavy atom. The molecule has 5 nitrogen and oxygen atoms in total. The Labute approximate surface area is 137 Å². The van der Waals surface area contributed by atoms with Crippen LogP contribution in [0.2, 0.25) is 0 Å². The molecule has 0 aliphatic rings. The van der Waals surface area contributed by atoms with E-state index < -0.39 is 5.54 Å². The zero-order chi connectivity index (χ0) is 16.7. The van der Waals surface area contributed by atoms with Crippen molar-refractivity contribution in [2.24, 2.45) is 5.73 Å². The number of rotatable bonds is 7. The standard InChI is InChI=1S/C18H24N4O/c1-18(2,14-19)21-17(23)13-22(16-8-4-3-5-9-16)12-15-7-6-10-20-11-15/h3-11H,12-14,19H2,1-2H3,(H,21,23). The van der Waals surface area contributed by atoms with Crippen molar-refractivity contribution in [2.75, 3.05) is 18.0 Å². The number of carbonyl (C=O) groups excluding carboxylic acids is 1. The van der Waals surface area contributed by atoms with Gasteiger partial charge in [-0.3, -0.25) is 9.78 Å². The van der Waals surface area contributed by atoms with Crippen LogP contribution in [-0.4, -0.2) is 29.5 Å². The molecule has 0 fully saturated rings. The average Bonchev–Trinajstić information content (AvgIpc) is 2.55. The summed E-state index contributed by atoms with van der Waals surface area (Å²) in [5.41, 5.74) is 7.33. The van der Waals surface area contributed by atoms with Gasteiger partial charge in [0.15, 0.2) is 0 Å². The molecule has 1 aromatic carbocycles. The van der Waals surface area contributed by atoms with Gasteiger partial charge in [-0.25, -0.2) is 0 Å². The molecular weight excluding hydrogens is 288 g/mol. The molecular formula is C18H24N4O. The quantitative estimate of drug-likeness (QED) is 0.819. The van der Waals surface area contributed by atoms with Gasteiger partial charge >= 0.3 is 0 Å². The van der Waals surface area contributed by atoms with Crippen molar-refractivity contribution in [3.63, 3.8) is 0 Å². The minimum atomic E-state index is -0.409. The van der Waals surface area contributed by atoms with Gasteiger partial charge in [0.2, 0.25) is 5.91 Å². The summed E-state index contributed by atoms with van der Waals surface area (Å²) in [5.74, 6) is -0.0480. The van der Waals surface area contributed by atoms with Gasteiger partial charge in [-0.1, -0.05) is 24.3 Å². The van der Waals surface area contributed by atoms with E-state index in [2.05, 4.69) is 10.3 Å². The number of hydrogen-bond donors (Lipinski definition) is 2. The molecule has 23 heavy (non-hydrogen) atoms. The van der Waals surface area contributed by atoms with Gasteiger partial charge in [-0.05, 0) is 37.6 Å². The third-order valence-electron chi connectivity index (χ3n) is 3.54. The Morgan fingerprint density at radius 3 is 2.57 bits per heavy atom. The summed E-state index contributed by atoms with van der Waals surface area (Å²) in [6.07, 6.45) is 3.56. The summed E-state index contributed by atoms with van der Waals surface area (Å²) in [5, 5.41) is 2.97. The predicted molar refractivity (Wildman–Crippen MR) is 93.0 cm³/mol. The lowest BCUT2D eigenvalue weighted by molar-refractivity contribution is -0.121. The van der Waals surface area contributed by atoms with Crippen LogP contribution in [0.5, 0.6) is 0 Å². The number of anilines is 1. The first-order valence-corrected chi connectivity index (χ1v) is 7.70. The molecule has 2 rings (SSSR count). The van der Waals surface area contributed by atoms with E-state index in [1.165, 1.54) is 0 Å². The molecule has 1 heterocycles. The Kier molecular flexibility index (Phi) is 5.71. The first kappa shape index (κ1) is 17.0. The van der Waals surface area contributed by atoms with Crippen molar-refractivity contribution in [2.45, 2.75) is 25.9 Å². The SMILES string of the molecule is CC(C)(CN)NC(=O)CN(Cc1cccnc1)c1ccccc1. The summed E-state index contributed by atoms with van der Waals surface area (Å²) in [6, 6.07) is 13.8. The first-order valence-electron chi connectivity index (χ1n) is 7.70. The van der Waals surface area contributed by atoms with Crippen LogP contribution in [0.4, 0.5) is 5.69 Å². The van der Waals surface area contributed by atoms with E-state index in [0.29, 0.717) is 13.1 Å². The van der Waals surface area contributed by atoms with Crippen molar-refractivity contribution in [3.8, 4) is 0 Å². The highest BCUT2D eigenvalue weighted by molar-refractivity contribution is 5.82. The minimum absolute atomic E-state index is 0.0480. The second-order valence-corrected chi connectivity index (χ2v) is 6.19. The highest BCUT2D eigenvalue weighted by atomic mass is 16.2. The van der Waals surface area contributed by atoms with Gasteiger partial charge < -0.3 is 16.0 Å². The zero-order valence-corrected chi connectivity index (χ0v) is 13.7. The van der Waals surface area contributed by atoms with Gasteiger partial charge in [-0.15, -0.1) is 0 Å². The number of amides is 1. The molecule has 0 aliphatic carbocycles. The Bertz CT molecular complexity index is 613. The lowest BCUT2D eigenvalue weighted by Crippen LogP contribution is -2.51.